The van der Waals surface area contributed by atoms with Crippen LogP contribution in [-0.4, -0.2) is 32.1 Å². The second-order valence-electron chi connectivity index (χ2n) is 9.11. The van der Waals surface area contributed by atoms with E-state index in [2.05, 4.69) is 5.32 Å². The van der Waals surface area contributed by atoms with E-state index >= 15 is 0 Å². The topological polar surface area (TPSA) is 109 Å². The summed E-state index contributed by atoms with van der Waals surface area (Å²) in [5.41, 5.74) is -2.76. The number of fused-ring (bicyclic) bond motifs is 2. The first kappa shape index (κ1) is 23.4. The van der Waals surface area contributed by atoms with Gasteiger partial charge in [-0.15, -0.1) is 0 Å². The number of benzene rings is 1. The lowest BCUT2D eigenvalue weighted by atomic mass is 9.68. The van der Waals surface area contributed by atoms with Crippen LogP contribution in [0.5, 0.6) is 5.75 Å². The molecule has 3 atom stereocenters. The van der Waals surface area contributed by atoms with Gasteiger partial charge in [-0.05, 0) is 24.8 Å². The molecule has 33 heavy (non-hydrogen) atoms. The fraction of sp³-hybridized carbons (Fsp3) is 0.458. The standard InChI is InChI=1S/C24H26ClFN2O5/c1-13-6-3-2-4-9-24(33)12-28-11-15(20(29)22(31)19(28)21(30)17(13)24)23(32)27-10-14-7-5-8-16(25)18(14)26/h5,7-8,11,13,17,31,33H,2-4,6,9-10,12H2,1H3,(H,27,32). The molecular formula is C24H26ClFN2O5. The van der Waals surface area contributed by atoms with Crippen molar-refractivity contribution in [2.75, 3.05) is 0 Å². The summed E-state index contributed by atoms with van der Waals surface area (Å²) in [5, 5.41) is 24.4. The Bertz CT molecular complexity index is 1180. The zero-order chi connectivity index (χ0) is 23.9. The maximum Gasteiger partial charge on any atom is 0.257 e. The fourth-order valence-corrected chi connectivity index (χ4v) is 5.39. The second kappa shape index (κ2) is 8.91. The second-order valence-corrected chi connectivity index (χ2v) is 9.52. The molecule has 2 heterocycles. The van der Waals surface area contributed by atoms with Gasteiger partial charge in [0.05, 0.1) is 23.1 Å². The van der Waals surface area contributed by atoms with E-state index in [1.165, 1.54) is 29.0 Å². The summed E-state index contributed by atoms with van der Waals surface area (Å²) in [5.74, 6) is -3.65. The number of aromatic hydroxyl groups is 1. The molecule has 0 saturated heterocycles. The highest BCUT2D eigenvalue weighted by Crippen LogP contribution is 2.42. The molecule has 1 amide bonds. The van der Waals surface area contributed by atoms with E-state index in [1.54, 1.807) is 0 Å². The van der Waals surface area contributed by atoms with Gasteiger partial charge in [0.1, 0.15) is 17.1 Å². The number of rotatable bonds is 3. The van der Waals surface area contributed by atoms with Crippen molar-refractivity contribution in [3.05, 3.63) is 62.3 Å². The summed E-state index contributed by atoms with van der Waals surface area (Å²) in [6.45, 7) is 1.66. The number of pyridine rings is 1. The zero-order valence-electron chi connectivity index (χ0n) is 18.2. The highest BCUT2D eigenvalue weighted by Gasteiger charge is 2.50. The molecule has 3 unspecified atom stereocenters. The molecule has 176 valence electrons. The minimum atomic E-state index is -1.33. The van der Waals surface area contributed by atoms with E-state index in [-0.39, 0.29) is 35.3 Å². The van der Waals surface area contributed by atoms with Gasteiger partial charge in [-0.25, -0.2) is 4.39 Å². The van der Waals surface area contributed by atoms with E-state index in [0.29, 0.717) is 6.42 Å². The third kappa shape index (κ3) is 4.17. The Hall–Kier alpha value is -2.71. The van der Waals surface area contributed by atoms with E-state index in [0.717, 1.165) is 25.7 Å². The Morgan fingerprint density at radius 1 is 1.30 bits per heavy atom. The molecule has 1 aliphatic carbocycles. The first-order valence-corrected chi connectivity index (χ1v) is 11.5. The number of aliphatic hydroxyl groups is 1. The normalized spacial score (nSPS) is 24.9. The van der Waals surface area contributed by atoms with Gasteiger partial charge in [0.2, 0.25) is 5.43 Å². The summed E-state index contributed by atoms with van der Waals surface area (Å²) >= 11 is 5.76. The van der Waals surface area contributed by atoms with Crippen molar-refractivity contribution >= 4 is 23.3 Å². The summed E-state index contributed by atoms with van der Waals surface area (Å²) in [6, 6.07) is 4.36. The van der Waals surface area contributed by atoms with Crippen molar-refractivity contribution in [2.24, 2.45) is 11.8 Å². The number of hydrogen-bond donors (Lipinski definition) is 3. The summed E-state index contributed by atoms with van der Waals surface area (Å²) in [6.07, 6.45) is 5.03. The number of ketones is 1. The molecule has 3 N–H and O–H groups in total. The van der Waals surface area contributed by atoms with Crippen LogP contribution in [0.1, 0.15) is 65.4 Å². The van der Waals surface area contributed by atoms with Gasteiger partial charge in [0.25, 0.3) is 5.91 Å². The first-order chi connectivity index (χ1) is 15.6. The Balaban J connectivity index is 1.68. The van der Waals surface area contributed by atoms with Crippen LogP contribution in [0.15, 0.2) is 29.2 Å². The van der Waals surface area contributed by atoms with Crippen LogP contribution in [0.2, 0.25) is 5.02 Å². The molecule has 1 fully saturated rings. The van der Waals surface area contributed by atoms with E-state index in [9.17, 15) is 29.0 Å². The lowest BCUT2D eigenvalue weighted by molar-refractivity contribution is -0.0623. The van der Waals surface area contributed by atoms with Crippen LogP contribution in [0.25, 0.3) is 0 Å². The van der Waals surface area contributed by atoms with Crippen molar-refractivity contribution in [1.29, 1.82) is 0 Å². The van der Waals surface area contributed by atoms with Crippen molar-refractivity contribution < 1.29 is 24.2 Å². The molecule has 1 aromatic carbocycles. The third-order valence-corrected chi connectivity index (χ3v) is 7.14. The molecule has 1 saturated carbocycles. The van der Waals surface area contributed by atoms with Gasteiger partial charge in [0.15, 0.2) is 11.5 Å². The quantitative estimate of drug-likeness (QED) is 0.629. The monoisotopic (exact) mass is 476 g/mol. The molecule has 4 rings (SSSR count). The minimum Gasteiger partial charge on any atom is -0.503 e. The molecule has 7 nitrogen and oxygen atoms in total. The van der Waals surface area contributed by atoms with Crippen LogP contribution in [0, 0.1) is 17.7 Å². The molecule has 2 aromatic rings. The minimum absolute atomic E-state index is 0.0138. The molecule has 0 radical (unpaired) electrons. The SMILES string of the molecule is CC1CCCCCC2(O)Cn3cc(C(=O)NCc4cccc(Cl)c4F)c(=O)c(O)c3C(=O)C12. The number of nitrogens with zero attached hydrogens (tertiary/aromatic N) is 1. The number of hydrogen-bond acceptors (Lipinski definition) is 5. The largest absolute Gasteiger partial charge is 0.503 e. The van der Waals surface area contributed by atoms with Crippen LogP contribution < -0.4 is 10.7 Å². The van der Waals surface area contributed by atoms with Crippen LogP contribution >= 0.6 is 11.6 Å². The van der Waals surface area contributed by atoms with Gasteiger partial charge < -0.3 is 20.1 Å². The van der Waals surface area contributed by atoms with E-state index in [1.807, 2.05) is 6.92 Å². The molecular weight excluding hydrogens is 451 g/mol. The Morgan fingerprint density at radius 3 is 2.82 bits per heavy atom. The Kier molecular flexibility index (Phi) is 6.33. The smallest absolute Gasteiger partial charge is 0.257 e. The number of nitrogens with one attached hydrogen (secondary N) is 1. The average molecular weight is 477 g/mol. The molecule has 0 bridgehead atoms. The van der Waals surface area contributed by atoms with Crippen LogP contribution in [-0.2, 0) is 13.1 Å². The average Bonchev–Trinajstić information content (AvgIpc) is 2.75. The zero-order valence-corrected chi connectivity index (χ0v) is 19.0. The highest BCUT2D eigenvalue weighted by molar-refractivity contribution is 6.30. The summed E-state index contributed by atoms with van der Waals surface area (Å²) in [7, 11) is 0. The first-order valence-electron chi connectivity index (χ1n) is 11.1. The van der Waals surface area contributed by atoms with Crippen molar-refractivity contribution in [1.82, 2.24) is 9.88 Å². The number of Topliss-reactive ketones (excluding diaryl/α,β-unsaturated/α-hetero) is 1. The fourth-order valence-electron chi connectivity index (χ4n) is 5.20. The predicted octanol–water partition coefficient (Wildman–Crippen LogP) is 3.42. The Labute approximate surface area is 195 Å². The molecule has 9 heteroatoms. The number of amides is 1. The molecule has 0 spiro atoms. The van der Waals surface area contributed by atoms with E-state index in [4.69, 9.17) is 11.6 Å². The number of halogens is 2. The molecule has 2 aliphatic rings. The predicted molar refractivity (Wildman–Crippen MR) is 120 cm³/mol. The summed E-state index contributed by atoms with van der Waals surface area (Å²) in [4.78, 5) is 38.8. The van der Waals surface area contributed by atoms with E-state index < -0.39 is 45.8 Å². The van der Waals surface area contributed by atoms with Crippen LogP contribution in [0.4, 0.5) is 4.39 Å². The lowest BCUT2D eigenvalue weighted by Gasteiger charge is -2.44. The van der Waals surface area contributed by atoms with Crippen LogP contribution in [0.3, 0.4) is 0 Å². The molecule has 1 aromatic heterocycles. The van der Waals surface area contributed by atoms with Gasteiger partial charge in [-0.2, -0.15) is 0 Å². The van der Waals surface area contributed by atoms with Crippen molar-refractivity contribution in [2.45, 2.75) is 57.7 Å². The lowest BCUT2D eigenvalue weighted by Crippen LogP contribution is -2.54. The number of carbonyl (C=O) groups is 2. The van der Waals surface area contributed by atoms with Gasteiger partial charge in [-0.1, -0.05) is 49.9 Å². The van der Waals surface area contributed by atoms with Crippen molar-refractivity contribution in [3.8, 4) is 5.75 Å². The van der Waals surface area contributed by atoms with Gasteiger partial charge in [0, 0.05) is 18.3 Å². The number of carbonyl (C=O) groups excluding carboxylic acids is 2. The van der Waals surface area contributed by atoms with Crippen molar-refractivity contribution in [3.63, 3.8) is 0 Å². The summed E-state index contributed by atoms with van der Waals surface area (Å²) < 4.78 is 15.4. The maximum absolute atomic E-state index is 14.1. The highest BCUT2D eigenvalue weighted by atomic mass is 35.5. The van der Waals surface area contributed by atoms with Gasteiger partial charge >= 0.3 is 0 Å². The van der Waals surface area contributed by atoms with Gasteiger partial charge in [-0.3, -0.25) is 14.4 Å². The maximum atomic E-state index is 14.1. The number of aromatic nitrogens is 1. The molecule has 1 aliphatic heterocycles. The Morgan fingerprint density at radius 2 is 2.06 bits per heavy atom. The third-order valence-electron chi connectivity index (χ3n) is 6.85.